The van der Waals surface area contributed by atoms with Crippen molar-refractivity contribution in [2.24, 2.45) is 0 Å². The number of carbonyl (C=O) groups excluding carboxylic acids is 1. The lowest BCUT2D eigenvalue weighted by Crippen LogP contribution is -2.34. The molecule has 2 aromatic heterocycles. The summed E-state index contributed by atoms with van der Waals surface area (Å²) >= 11 is 0. The molecule has 1 unspecified atom stereocenters. The Hall–Kier alpha value is -4.45. The van der Waals surface area contributed by atoms with Crippen LogP contribution < -0.4 is 10.2 Å². The highest BCUT2D eigenvalue weighted by Gasteiger charge is 2.18. The van der Waals surface area contributed by atoms with E-state index < -0.39 is 0 Å². The van der Waals surface area contributed by atoms with Gasteiger partial charge >= 0.3 is 0 Å². The summed E-state index contributed by atoms with van der Waals surface area (Å²) in [5.74, 6) is 1.96. The van der Waals surface area contributed by atoms with Crippen LogP contribution >= 0.6 is 0 Å². The minimum absolute atomic E-state index is 0.00526. The lowest BCUT2D eigenvalue weighted by Gasteiger charge is -2.26. The van der Waals surface area contributed by atoms with E-state index >= 15 is 0 Å². The number of nitrogens with one attached hydrogen (secondary N) is 1. The van der Waals surface area contributed by atoms with Crippen molar-refractivity contribution in [1.29, 1.82) is 0 Å². The lowest BCUT2D eigenvalue weighted by atomic mass is 10.1. The van der Waals surface area contributed by atoms with Crippen molar-refractivity contribution in [2.45, 2.75) is 25.8 Å². The first-order valence-electron chi connectivity index (χ1n) is 12.6. The number of benzene rings is 3. The molecule has 0 radical (unpaired) electrons. The molecule has 0 saturated carbocycles. The van der Waals surface area contributed by atoms with Gasteiger partial charge in [0.2, 0.25) is 5.91 Å². The maximum Gasteiger partial charge on any atom is 0.222 e. The molecule has 186 valence electrons. The van der Waals surface area contributed by atoms with Crippen LogP contribution in [0.15, 0.2) is 108 Å². The van der Waals surface area contributed by atoms with Crippen LogP contribution in [0.3, 0.4) is 0 Å². The monoisotopic (exact) mass is 490 g/mol. The molecule has 0 aliphatic rings. The maximum absolute atomic E-state index is 13.0. The number of nitrogens with zero attached hydrogens (tertiary/aromatic N) is 3. The highest BCUT2D eigenvalue weighted by molar-refractivity contribution is 5.91. The zero-order chi connectivity index (χ0) is 25.5. The summed E-state index contributed by atoms with van der Waals surface area (Å²) in [5, 5.41) is 4.08. The van der Waals surface area contributed by atoms with E-state index in [1.807, 2.05) is 91.9 Å². The Balaban J connectivity index is 1.41. The molecule has 0 aliphatic carbocycles. The number of anilines is 1. The first-order chi connectivity index (χ1) is 18.2. The summed E-state index contributed by atoms with van der Waals surface area (Å²) in [5.41, 5.74) is 3.16. The summed E-state index contributed by atoms with van der Waals surface area (Å²) < 4.78 is 5.61. The van der Waals surface area contributed by atoms with E-state index in [1.165, 1.54) is 5.56 Å². The summed E-state index contributed by atoms with van der Waals surface area (Å²) in [6.07, 6.45) is 2.80. The van der Waals surface area contributed by atoms with Crippen LogP contribution in [-0.4, -0.2) is 29.0 Å². The number of para-hydroxylation sites is 1. The number of hydrogen-bond acceptors (Lipinski definition) is 5. The summed E-state index contributed by atoms with van der Waals surface area (Å²) in [4.78, 5) is 24.8. The highest BCUT2D eigenvalue weighted by Crippen LogP contribution is 2.28. The topological polar surface area (TPSA) is 71.3 Å². The third-order valence-electron chi connectivity index (χ3n) is 6.42. The maximum atomic E-state index is 13.0. The van der Waals surface area contributed by atoms with E-state index in [9.17, 15) is 4.79 Å². The number of rotatable bonds is 10. The van der Waals surface area contributed by atoms with Gasteiger partial charge in [-0.15, -0.1) is 0 Å². The smallest absolute Gasteiger partial charge is 0.222 e. The fourth-order valence-electron chi connectivity index (χ4n) is 4.42. The van der Waals surface area contributed by atoms with Crippen LogP contribution in [0.25, 0.3) is 22.5 Å². The van der Waals surface area contributed by atoms with Crippen molar-refractivity contribution in [3.63, 3.8) is 0 Å². The summed E-state index contributed by atoms with van der Waals surface area (Å²) in [7, 11) is 0. The van der Waals surface area contributed by atoms with Crippen LogP contribution in [0.4, 0.5) is 5.82 Å². The van der Waals surface area contributed by atoms with Crippen LogP contribution in [0.5, 0.6) is 0 Å². The van der Waals surface area contributed by atoms with Gasteiger partial charge in [0.15, 0.2) is 11.6 Å². The molecule has 2 heterocycles. The van der Waals surface area contributed by atoms with Crippen molar-refractivity contribution in [3.8, 4) is 11.6 Å². The van der Waals surface area contributed by atoms with Gasteiger partial charge in [0, 0.05) is 24.9 Å². The van der Waals surface area contributed by atoms with Gasteiger partial charge < -0.3 is 14.6 Å². The Morgan fingerprint density at radius 1 is 0.865 bits per heavy atom. The Bertz CT molecular complexity index is 1440. The highest BCUT2D eigenvalue weighted by atomic mass is 16.3. The molecular formula is C31H30N4O2. The molecule has 0 fully saturated rings. The molecule has 6 nitrogen and oxygen atoms in total. The van der Waals surface area contributed by atoms with E-state index in [4.69, 9.17) is 14.4 Å². The molecule has 5 rings (SSSR count). The third kappa shape index (κ3) is 6.04. The molecule has 1 N–H and O–H groups in total. The second-order valence-corrected chi connectivity index (χ2v) is 9.04. The second-order valence-electron chi connectivity index (χ2n) is 9.04. The van der Waals surface area contributed by atoms with E-state index in [1.54, 1.807) is 6.26 Å². The van der Waals surface area contributed by atoms with Crippen molar-refractivity contribution < 1.29 is 9.21 Å². The quantitative estimate of drug-likeness (QED) is 0.252. The minimum Gasteiger partial charge on any atom is -0.461 e. The van der Waals surface area contributed by atoms with Gasteiger partial charge in [-0.3, -0.25) is 4.79 Å². The molecule has 0 bridgehead atoms. The average molecular weight is 491 g/mol. The number of furan rings is 1. The van der Waals surface area contributed by atoms with Crippen LogP contribution in [0, 0.1) is 0 Å². The Morgan fingerprint density at radius 2 is 1.59 bits per heavy atom. The van der Waals surface area contributed by atoms with Gasteiger partial charge in [-0.05, 0) is 48.7 Å². The molecule has 0 saturated heterocycles. The first-order valence-corrected chi connectivity index (χ1v) is 12.6. The molecule has 1 amide bonds. The largest absolute Gasteiger partial charge is 0.461 e. The van der Waals surface area contributed by atoms with Crippen molar-refractivity contribution >= 4 is 22.6 Å². The lowest BCUT2D eigenvalue weighted by molar-refractivity contribution is -0.121. The van der Waals surface area contributed by atoms with E-state index in [2.05, 4.69) is 22.3 Å². The molecule has 0 aliphatic heterocycles. The first kappa shape index (κ1) is 24.3. The second kappa shape index (κ2) is 11.5. The van der Waals surface area contributed by atoms with Gasteiger partial charge in [0.05, 0.1) is 17.8 Å². The van der Waals surface area contributed by atoms with Crippen molar-refractivity contribution in [2.75, 3.05) is 18.0 Å². The van der Waals surface area contributed by atoms with Crippen molar-refractivity contribution in [3.05, 3.63) is 114 Å². The summed E-state index contributed by atoms with van der Waals surface area (Å²) in [6, 6.07) is 32.0. The molecule has 0 spiro atoms. The van der Waals surface area contributed by atoms with E-state index in [0.29, 0.717) is 31.1 Å². The van der Waals surface area contributed by atoms with Crippen LogP contribution in [0.1, 0.15) is 30.5 Å². The van der Waals surface area contributed by atoms with E-state index in [-0.39, 0.29) is 11.9 Å². The molecule has 3 aromatic carbocycles. The zero-order valence-electron chi connectivity index (χ0n) is 20.9. The molecule has 6 heteroatoms. The van der Waals surface area contributed by atoms with E-state index in [0.717, 1.165) is 28.7 Å². The minimum atomic E-state index is -0.0584. The Labute approximate surface area is 217 Å². The number of hydrogen-bond donors (Lipinski definition) is 1. The fraction of sp³-hybridized carbons (Fsp3) is 0.194. The average Bonchev–Trinajstić information content (AvgIpc) is 3.49. The standard InChI is InChI=1S/C31H30N4O2/c1-23(25-13-6-3-7-14-25)32-29(36)19-21-35(20-18-24-11-4-2-5-12-24)31-26-15-8-9-16-27(26)33-30(34-31)28-17-10-22-37-28/h2-17,22-23H,18-21H2,1H3,(H,32,36). The predicted molar refractivity (Wildman–Crippen MR) is 147 cm³/mol. The fourth-order valence-corrected chi connectivity index (χ4v) is 4.42. The molecule has 37 heavy (non-hydrogen) atoms. The van der Waals surface area contributed by atoms with Gasteiger partial charge in [0.1, 0.15) is 5.82 Å². The van der Waals surface area contributed by atoms with Crippen LogP contribution in [-0.2, 0) is 11.2 Å². The van der Waals surface area contributed by atoms with Gasteiger partial charge in [0.25, 0.3) is 0 Å². The molecule has 5 aromatic rings. The Kier molecular flexibility index (Phi) is 7.55. The van der Waals surface area contributed by atoms with Gasteiger partial charge in [-0.25, -0.2) is 9.97 Å². The number of aromatic nitrogens is 2. The third-order valence-corrected chi connectivity index (χ3v) is 6.42. The predicted octanol–water partition coefficient (Wildman–Crippen LogP) is 6.21. The summed E-state index contributed by atoms with van der Waals surface area (Å²) in [6.45, 7) is 3.25. The normalized spacial score (nSPS) is 11.8. The van der Waals surface area contributed by atoms with Gasteiger partial charge in [-0.1, -0.05) is 72.8 Å². The zero-order valence-corrected chi connectivity index (χ0v) is 20.9. The van der Waals surface area contributed by atoms with Gasteiger partial charge in [-0.2, -0.15) is 0 Å². The van der Waals surface area contributed by atoms with Crippen LogP contribution in [0.2, 0.25) is 0 Å². The molecule has 1 atom stereocenters. The number of amides is 1. The number of carbonyl (C=O) groups is 1. The Morgan fingerprint density at radius 3 is 2.35 bits per heavy atom. The number of fused-ring (bicyclic) bond motifs is 1. The molecular weight excluding hydrogens is 460 g/mol. The SMILES string of the molecule is CC(NC(=O)CCN(CCc1ccccc1)c1nc(-c2ccco2)nc2ccccc12)c1ccccc1. The van der Waals surface area contributed by atoms with Crippen molar-refractivity contribution in [1.82, 2.24) is 15.3 Å².